The molecule has 0 aromatic carbocycles. The van der Waals surface area contributed by atoms with Crippen LogP contribution in [0.5, 0.6) is 0 Å². The molecule has 0 saturated carbocycles. The number of hydrogen-bond acceptors (Lipinski definition) is 7. The maximum Gasteiger partial charge on any atom is 0.188 e. The molecule has 9 heteroatoms. The van der Waals surface area contributed by atoms with E-state index in [0.717, 1.165) is 50.6 Å². The molecule has 0 N–H and O–H groups in total. The lowest BCUT2D eigenvalue weighted by Gasteiger charge is -2.32. The zero-order valence-electron chi connectivity index (χ0n) is 14.3. The molecule has 2 aromatic rings. The number of nitrogens with zero attached hydrogens (tertiary/aromatic N) is 5. The van der Waals surface area contributed by atoms with Crippen molar-refractivity contribution in [3.05, 3.63) is 23.1 Å². The third kappa shape index (κ3) is 3.52. The van der Waals surface area contributed by atoms with Crippen molar-refractivity contribution >= 4 is 21.4 Å². The van der Waals surface area contributed by atoms with Crippen LogP contribution >= 0.6 is 11.5 Å². The highest BCUT2D eigenvalue weighted by molar-refractivity contribution is 7.92. The number of sulfone groups is 1. The van der Waals surface area contributed by atoms with Crippen molar-refractivity contribution < 1.29 is 8.42 Å². The zero-order valence-corrected chi connectivity index (χ0v) is 15.9. The number of aromatic nitrogens is 4. The van der Waals surface area contributed by atoms with Gasteiger partial charge in [0.15, 0.2) is 14.0 Å². The fourth-order valence-corrected chi connectivity index (χ4v) is 5.05. The Hall–Kier alpha value is -1.32. The quantitative estimate of drug-likeness (QED) is 0.800. The van der Waals surface area contributed by atoms with Gasteiger partial charge in [0, 0.05) is 54.6 Å². The van der Waals surface area contributed by atoms with E-state index in [4.69, 9.17) is 0 Å². The van der Waals surface area contributed by atoms with Gasteiger partial charge < -0.3 is 0 Å². The lowest BCUT2D eigenvalue weighted by molar-refractivity contribution is 0.197. The Balaban J connectivity index is 1.75. The molecule has 1 aliphatic rings. The van der Waals surface area contributed by atoms with E-state index < -0.39 is 9.84 Å². The largest absolute Gasteiger partial charge is 0.298 e. The summed E-state index contributed by atoms with van der Waals surface area (Å²) in [7, 11) is -3.26. The minimum absolute atomic E-state index is 0.128. The van der Waals surface area contributed by atoms with Crippen LogP contribution in [0.15, 0.2) is 10.4 Å². The predicted molar refractivity (Wildman–Crippen MR) is 92.9 cm³/mol. The standard InChI is InChI=1S/C15H23N5O2S2/c1-4-20-11(2)13(8-16-20)10-19-7-5-6-12(9-19)14-15(23-18-17-14)24(3,21)22/h8,12H,4-7,9-10H2,1-3H3/t12-/m1/s1. The lowest BCUT2D eigenvalue weighted by Crippen LogP contribution is -2.34. The number of aryl methyl sites for hydroxylation is 1. The molecule has 0 aliphatic carbocycles. The van der Waals surface area contributed by atoms with Gasteiger partial charge in [-0.2, -0.15) is 5.10 Å². The molecule has 0 amide bonds. The first-order chi connectivity index (χ1) is 11.4. The first-order valence-corrected chi connectivity index (χ1v) is 10.8. The Morgan fingerprint density at radius 1 is 1.42 bits per heavy atom. The Morgan fingerprint density at radius 2 is 2.21 bits per heavy atom. The summed E-state index contributed by atoms with van der Waals surface area (Å²) in [5.74, 6) is 0.128. The molecule has 132 valence electrons. The van der Waals surface area contributed by atoms with E-state index in [1.54, 1.807) is 0 Å². The van der Waals surface area contributed by atoms with Crippen molar-refractivity contribution in [2.75, 3.05) is 19.3 Å². The summed E-state index contributed by atoms with van der Waals surface area (Å²) in [5, 5.41) is 8.53. The molecule has 0 radical (unpaired) electrons. The summed E-state index contributed by atoms with van der Waals surface area (Å²) in [4.78, 5) is 2.36. The van der Waals surface area contributed by atoms with Crippen LogP contribution < -0.4 is 0 Å². The van der Waals surface area contributed by atoms with Crippen LogP contribution in [-0.2, 0) is 22.9 Å². The Labute approximate surface area is 146 Å². The van der Waals surface area contributed by atoms with Gasteiger partial charge in [0.1, 0.15) is 0 Å². The molecule has 0 unspecified atom stereocenters. The summed E-state index contributed by atoms with van der Waals surface area (Å²) in [6, 6.07) is 0. The van der Waals surface area contributed by atoms with E-state index in [1.165, 1.54) is 17.5 Å². The predicted octanol–water partition coefficient (Wildman–Crippen LogP) is 1.85. The second-order valence-electron chi connectivity index (χ2n) is 6.36. The lowest BCUT2D eigenvalue weighted by atomic mass is 9.95. The summed E-state index contributed by atoms with van der Waals surface area (Å²) < 4.78 is 30.0. The highest BCUT2D eigenvalue weighted by Gasteiger charge is 2.29. The summed E-state index contributed by atoms with van der Waals surface area (Å²) in [6.07, 6.45) is 5.16. The van der Waals surface area contributed by atoms with Gasteiger partial charge in [-0.25, -0.2) is 8.42 Å². The maximum atomic E-state index is 11.9. The van der Waals surface area contributed by atoms with Crippen LogP contribution in [-0.4, -0.2) is 52.0 Å². The Kier molecular flexibility index (Phi) is 5.03. The smallest absolute Gasteiger partial charge is 0.188 e. The summed E-state index contributed by atoms with van der Waals surface area (Å²) in [5.41, 5.74) is 3.08. The SMILES string of the molecule is CCn1ncc(CN2CCC[C@@H](c3nnsc3S(C)(=O)=O)C2)c1C. The van der Waals surface area contributed by atoms with E-state index in [1.807, 2.05) is 10.9 Å². The highest BCUT2D eigenvalue weighted by Crippen LogP contribution is 2.32. The summed E-state index contributed by atoms with van der Waals surface area (Å²) in [6.45, 7) is 7.72. The minimum atomic E-state index is -3.26. The number of piperidine rings is 1. The van der Waals surface area contributed by atoms with Gasteiger partial charge >= 0.3 is 0 Å². The molecule has 0 spiro atoms. The molecular weight excluding hydrogens is 346 g/mol. The topological polar surface area (TPSA) is 81.0 Å². The number of hydrogen-bond donors (Lipinski definition) is 0. The molecule has 1 fully saturated rings. The molecule has 1 aliphatic heterocycles. The first-order valence-electron chi connectivity index (χ1n) is 8.16. The van der Waals surface area contributed by atoms with Gasteiger partial charge in [-0.05, 0) is 33.2 Å². The van der Waals surface area contributed by atoms with Crippen LogP contribution in [0.1, 0.15) is 42.6 Å². The summed E-state index contributed by atoms with van der Waals surface area (Å²) >= 11 is 0.983. The average Bonchev–Trinajstić information content (AvgIpc) is 3.15. The fourth-order valence-electron chi connectivity index (χ4n) is 3.32. The Morgan fingerprint density at radius 3 is 2.88 bits per heavy atom. The molecular formula is C15H23N5O2S2. The van der Waals surface area contributed by atoms with Crippen LogP contribution in [0.2, 0.25) is 0 Å². The van der Waals surface area contributed by atoms with Crippen molar-refractivity contribution in [1.82, 2.24) is 24.3 Å². The fraction of sp³-hybridized carbons (Fsp3) is 0.667. The van der Waals surface area contributed by atoms with E-state index in [2.05, 4.69) is 33.4 Å². The molecule has 1 saturated heterocycles. The molecule has 24 heavy (non-hydrogen) atoms. The second kappa shape index (κ2) is 6.89. The van der Waals surface area contributed by atoms with Gasteiger partial charge in [0.25, 0.3) is 0 Å². The van der Waals surface area contributed by atoms with Crippen LogP contribution in [0, 0.1) is 6.92 Å². The van der Waals surface area contributed by atoms with Crippen LogP contribution in [0.4, 0.5) is 0 Å². The first kappa shape index (κ1) is 17.5. The molecule has 1 atom stereocenters. The third-order valence-electron chi connectivity index (χ3n) is 4.61. The number of likely N-dealkylation sites (tertiary alicyclic amines) is 1. The van der Waals surface area contributed by atoms with Crippen molar-refractivity contribution in [3.63, 3.8) is 0 Å². The van der Waals surface area contributed by atoms with Gasteiger partial charge in [-0.1, -0.05) is 4.49 Å². The second-order valence-corrected chi connectivity index (χ2v) is 9.33. The van der Waals surface area contributed by atoms with E-state index in [-0.39, 0.29) is 5.92 Å². The molecule has 3 rings (SSSR count). The molecule has 2 aromatic heterocycles. The van der Waals surface area contributed by atoms with Gasteiger partial charge in [-0.15, -0.1) is 5.10 Å². The van der Waals surface area contributed by atoms with Crippen LogP contribution in [0.3, 0.4) is 0 Å². The molecule has 0 bridgehead atoms. The van der Waals surface area contributed by atoms with Crippen molar-refractivity contribution in [2.24, 2.45) is 0 Å². The zero-order chi connectivity index (χ0) is 17.3. The van der Waals surface area contributed by atoms with E-state index >= 15 is 0 Å². The van der Waals surface area contributed by atoms with Gasteiger partial charge in [0.2, 0.25) is 0 Å². The Bertz CT molecular complexity index is 812. The molecule has 3 heterocycles. The third-order valence-corrected chi connectivity index (χ3v) is 7.16. The van der Waals surface area contributed by atoms with E-state index in [0.29, 0.717) is 9.90 Å². The number of rotatable bonds is 5. The van der Waals surface area contributed by atoms with Crippen molar-refractivity contribution in [2.45, 2.75) is 49.9 Å². The monoisotopic (exact) mass is 369 g/mol. The minimum Gasteiger partial charge on any atom is -0.298 e. The van der Waals surface area contributed by atoms with Crippen molar-refractivity contribution in [3.8, 4) is 0 Å². The van der Waals surface area contributed by atoms with E-state index in [9.17, 15) is 8.42 Å². The van der Waals surface area contributed by atoms with Crippen LogP contribution in [0.25, 0.3) is 0 Å². The van der Waals surface area contributed by atoms with Crippen molar-refractivity contribution in [1.29, 1.82) is 0 Å². The normalized spacial score (nSPS) is 19.7. The maximum absolute atomic E-state index is 11.9. The highest BCUT2D eigenvalue weighted by atomic mass is 32.2. The molecule has 7 nitrogen and oxygen atoms in total. The van der Waals surface area contributed by atoms with Gasteiger partial charge in [-0.3, -0.25) is 9.58 Å². The van der Waals surface area contributed by atoms with Gasteiger partial charge in [0.05, 0.1) is 11.9 Å². The average molecular weight is 370 g/mol.